The summed E-state index contributed by atoms with van der Waals surface area (Å²) in [6, 6.07) is 12.5. The van der Waals surface area contributed by atoms with Crippen LogP contribution in [0.5, 0.6) is 0 Å². The molecule has 31 heavy (non-hydrogen) atoms. The van der Waals surface area contributed by atoms with Gasteiger partial charge >= 0.3 is 0 Å². The lowest BCUT2D eigenvalue weighted by atomic mass is 10.2. The summed E-state index contributed by atoms with van der Waals surface area (Å²) >= 11 is 0. The van der Waals surface area contributed by atoms with Crippen molar-refractivity contribution >= 4 is 22.0 Å². The predicted octanol–water partition coefficient (Wildman–Crippen LogP) is 2.47. The molecule has 1 aliphatic rings. The van der Waals surface area contributed by atoms with E-state index in [9.17, 15) is 13.2 Å². The number of carbonyl (C=O) groups excluding carboxylic acids is 1. The summed E-state index contributed by atoms with van der Waals surface area (Å²) in [5.74, 6) is -0.0303. The Bertz CT molecular complexity index is 979. The van der Waals surface area contributed by atoms with Gasteiger partial charge in [-0.3, -0.25) is 14.7 Å². The van der Waals surface area contributed by atoms with Gasteiger partial charge in [-0.25, -0.2) is 8.42 Å². The van der Waals surface area contributed by atoms with E-state index < -0.39 is 10.0 Å². The zero-order chi connectivity index (χ0) is 22.3. The first-order valence-corrected chi connectivity index (χ1v) is 12.1. The van der Waals surface area contributed by atoms with Gasteiger partial charge in [0.1, 0.15) is 0 Å². The number of pyridine rings is 1. The van der Waals surface area contributed by atoms with Gasteiger partial charge in [-0.15, -0.1) is 0 Å². The van der Waals surface area contributed by atoms with Crippen molar-refractivity contribution in [2.24, 2.45) is 0 Å². The van der Waals surface area contributed by atoms with Crippen LogP contribution in [0.3, 0.4) is 0 Å². The van der Waals surface area contributed by atoms with E-state index in [-0.39, 0.29) is 10.8 Å². The van der Waals surface area contributed by atoms with E-state index in [2.05, 4.69) is 9.88 Å². The number of amides is 1. The number of benzene rings is 1. The molecule has 1 aliphatic heterocycles. The molecule has 1 aromatic heterocycles. The summed E-state index contributed by atoms with van der Waals surface area (Å²) in [6.45, 7) is 8.29. The van der Waals surface area contributed by atoms with Crippen LogP contribution in [0.25, 0.3) is 6.08 Å². The Morgan fingerprint density at radius 1 is 1.03 bits per heavy atom. The molecule has 166 valence electrons. The van der Waals surface area contributed by atoms with Gasteiger partial charge in [0.25, 0.3) is 0 Å². The van der Waals surface area contributed by atoms with E-state index in [1.165, 1.54) is 4.31 Å². The fraction of sp³-hybridized carbons (Fsp3) is 0.391. The largest absolute Gasteiger partial charge is 0.337 e. The average molecular weight is 443 g/mol. The Balaban J connectivity index is 1.53. The minimum absolute atomic E-state index is 0.0303. The molecule has 3 rings (SSSR count). The van der Waals surface area contributed by atoms with Crippen LogP contribution in [0.2, 0.25) is 0 Å². The molecule has 0 N–H and O–H groups in total. The zero-order valence-corrected chi connectivity index (χ0v) is 19.0. The molecule has 1 amide bonds. The fourth-order valence-corrected chi connectivity index (χ4v) is 5.04. The van der Waals surface area contributed by atoms with Crippen LogP contribution in [0, 0.1) is 0 Å². The zero-order valence-electron chi connectivity index (χ0n) is 18.1. The number of hydrogen-bond donors (Lipinski definition) is 0. The maximum absolute atomic E-state index is 12.6. The van der Waals surface area contributed by atoms with Crippen LogP contribution >= 0.6 is 0 Å². The molecule has 1 aromatic carbocycles. The monoisotopic (exact) mass is 442 g/mol. The van der Waals surface area contributed by atoms with E-state index in [1.54, 1.807) is 42.6 Å². The standard InChI is InChI=1S/C23H30N4O3S/c1-3-27(4-2)31(29,30)22-11-8-20(9-12-22)10-13-23(28)26-17-15-25(16-18-26)19-21-7-5-6-14-24-21/h5-14H,3-4,15-19H2,1-2H3/b13-10+. The molecule has 2 heterocycles. The van der Waals surface area contributed by atoms with Gasteiger partial charge in [0, 0.05) is 58.1 Å². The number of piperazine rings is 1. The smallest absolute Gasteiger partial charge is 0.246 e. The maximum Gasteiger partial charge on any atom is 0.246 e. The first-order chi connectivity index (χ1) is 14.9. The Hall–Kier alpha value is -2.55. The number of nitrogens with zero attached hydrogens (tertiary/aromatic N) is 4. The number of sulfonamides is 1. The highest BCUT2D eigenvalue weighted by atomic mass is 32.2. The first kappa shape index (κ1) is 23.1. The van der Waals surface area contributed by atoms with Crippen molar-refractivity contribution < 1.29 is 13.2 Å². The van der Waals surface area contributed by atoms with Crippen LogP contribution in [0.4, 0.5) is 0 Å². The molecule has 7 nitrogen and oxygen atoms in total. The van der Waals surface area contributed by atoms with E-state index >= 15 is 0 Å². The summed E-state index contributed by atoms with van der Waals surface area (Å²) in [5.41, 5.74) is 1.83. The average Bonchev–Trinajstić information content (AvgIpc) is 2.79. The number of carbonyl (C=O) groups is 1. The normalized spacial score (nSPS) is 15.6. The second-order valence-corrected chi connectivity index (χ2v) is 9.35. The topological polar surface area (TPSA) is 73.8 Å². The summed E-state index contributed by atoms with van der Waals surface area (Å²) in [4.78, 5) is 21.3. The Morgan fingerprint density at radius 3 is 2.29 bits per heavy atom. The van der Waals surface area contributed by atoms with Crippen LogP contribution in [0.15, 0.2) is 59.6 Å². The molecule has 0 bridgehead atoms. The summed E-state index contributed by atoms with van der Waals surface area (Å²) in [7, 11) is -3.47. The lowest BCUT2D eigenvalue weighted by Gasteiger charge is -2.34. The third-order valence-corrected chi connectivity index (χ3v) is 7.50. The van der Waals surface area contributed by atoms with Gasteiger partial charge in [-0.1, -0.05) is 32.0 Å². The highest BCUT2D eigenvalue weighted by Crippen LogP contribution is 2.17. The van der Waals surface area contributed by atoms with Crippen molar-refractivity contribution in [3.63, 3.8) is 0 Å². The lowest BCUT2D eigenvalue weighted by Crippen LogP contribution is -2.47. The van der Waals surface area contributed by atoms with E-state index in [4.69, 9.17) is 0 Å². The Kier molecular flexibility index (Phi) is 7.95. The lowest BCUT2D eigenvalue weighted by molar-refractivity contribution is -0.127. The predicted molar refractivity (Wildman–Crippen MR) is 122 cm³/mol. The molecule has 8 heteroatoms. The third-order valence-electron chi connectivity index (χ3n) is 5.44. The van der Waals surface area contributed by atoms with Crippen LogP contribution in [0.1, 0.15) is 25.1 Å². The van der Waals surface area contributed by atoms with Crippen molar-refractivity contribution in [3.8, 4) is 0 Å². The number of hydrogen-bond acceptors (Lipinski definition) is 5. The molecule has 1 fully saturated rings. The Labute approximate surface area is 185 Å². The summed E-state index contributed by atoms with van der Waals surface area (Å²) in [5, 5.41) is 0. The quantitative estimate of drug-likeness (QED) is 0.587. The highest BCUT2D eigenvalue weighted by Gasteiger charge is 2.21. The van der Waals surface area contributed by atoms with Crippen molar-refractivity contribution in [2.75, 3.05) is 39.3 Å². The first-order valence-electron chi connectivity index (χ1n) is 10.6. The van der Waals surface area contributed by atoms with Gasteiger partial charge in [0.05, 0.1) is 10.6 Å². The molecular weight excluding hydrogens is 412 g/mol. The molecule has 2 aromatic rings. The molecule has 0 unspecified atom stereocenters. The van der Waals surface area contributed by atoms with Crippen molar-refractivity contribution in [2.45, 2.75) is 25.3 Å². The molecule has 0 atom stereocenters. The maximum atomic E-state index is 12.6. The molecular formula is C23H30N4O3S. The second kappa shape index (κ2) is 10.7. The second-order valence-electron chi connectivity index (χ2n) is 7.41. The van der Waals surface area contributed by atoms with Crippen molar-refractivity contribution in [1.29, 1.82) is 0 Å². The highest BCUT2D eigenvalue weighted by molar-refractivity contribution is 7.89. The van der Waals surface area contributed by atoms with Crippen LogP contribution < -0.4 is 0 Å². The number of aromatic nitrogens is 1. The van der Waals surface area contributed by atoms with Gasteiger partial charge in [-0.05, 0) is 35.9 Å². The van der Waals surface area contributed by atoms with E-state index in [0.717, 1.165) is 30.9 Å². The summed E-state index contributed by atoms with van der Waals surface area (Å²) < 4.78 is 26.5. The van der Waals surface area contributed by atoms with Gasteiger partial charge in [0.15, 0.2) is 0 Å². The summed E-state index contributed by atoms with van der Waals surface area (Å²) in [6.07, 6.45) is 5.09. The van der Waals surface area contributed by atoms with E-state index in [1.807, 2.05) is 36.9 Å². The van der Waals surface area contributed by atoms with Gasteiger partial charge in [-0.2, -0.15) is 4.31 Å². The molecule has 0 saturated carbocycles. The number of rotatable bonds is 8. The molecule has 0 radical (unpaired) electrons. The molecule has 0 aliphatic carbocycles. The van der Waals surface area contributed by atoms with Crippen molar-refractivity contribution in [1.82, 2.24) is 19.1 Å². The molecule has 0 spiro atoms. The van der Waals surface area contributed by atoms with Gasteiger partial charge in [0.2, 0.25) is 15.9 Å². The fourth-order valence-electron chi connectivity index (χ4n) is 3.58. The van der Waals surface area contributed by atoms with Gasteiger partial charge < -0.3 is 4.90 Å². The van der Waals surface area contributed by atoms with Crippen LogP contribution in [-0.4, -0.2) is 72.7 Å². The van der Waals surface area contributed by atoms with E-state index in [0.29, 0.717) is 26.2 Å². The van der Waals surface area contributed by atoms with Crippen LogP contribution in [-0.2, 0) is 21.4 Å². The van der Waals surface area contributed by atoms with Crippen molar-refractivity contribution in [3.05, 3.63) is 66.0 Å². The third kappa shape index (κ3) is 6.00. The SMILES string of the molecule is CCN(CC)S(=O)(=O)c1ccc(/C=C/C(=O)N2CCN(Cc3ccccn3)CC2)cc1. The minimum Gasteiger partial charge on any atom is -0.337 e. The minimum atomic E-state index is -3.47. The Morgan fingerprint density at radius 2 is 1.71 bits per heavy atom. The molecule has 1 saturated heterocycles.